The molecule has 0 atom stereocenters. The Bertz CT molecular complexity index is 1010. The predicted molar refractivity (Wildman–Crippen MR) is 110 cm³/mol. The van der Waals surface area contributed by atoms with Crippen molar-refractivity contribution in [1.29, 1.82) is 0 Å². The zero-order valence-corrected chi connectivity index (χ0v) is 16.6. The van der Waals surface area contributed by atoms with Crippen molar-refractivity contribution in [3.8, 4) is 5.69 Å². The summed E-state index contributed by atoms with van der Waals surface area (Å²) in [6, 6.07) is 13.9. The molecule has 0 bridgehead atoms. The zero-order chi connectivity index (χ0) is 18.5. The molecule has 1 amide bonds. The number of anilines is 1. The van der Waals surface area contributed by atoms with Gasteiger partial charge in [-0.2, -0.15) is 5.10 Å². The Labute approximate surface area is 168 Å². The number of aromatic nitrogens is 4. The van der Waals surface area contributed by atoms with Crippen molar-refractivity contribution in [2.75, 3.05) is 5.32 Å². The molecule has 0 saturated carbocycles. The second-order valence-corrected chi connectivity index (χ2v) is 8.83. The summed E-state index contributed by atoms with van der Waals surface area (Å²) in [6.07, 6.45) is 3.80. The van der Waals surface area contributed by atoms with Crippen LogP contribution in [0.2, 0.25) is 0 Å². The van der Waals surface area contributed by atoms with Crippen LogP contribution in [0.25, 0.3) is 5.69 Å². The summed E-state index contributed by atoms with van der Waals surface area (Å²) in [5.41, 5.74) is 1.80. The zero-order valence-electron chi connectivity index (χ0n) is 14.1. The summed E-state index contributed by atoms with van der Waals surface area (Å²) < 4.78 is 2.60. The largest absolute Gasteiger partial charge is 0.300 e. The summed E-state index contributed by atoms with van der Waals surface area (Å²) in [4.78, 5) is 13.6. The minimum Gasteiger partial charge on any atom is -0.300 e. The molecule has 0 radical (unpaired) electrons. The quantitative estimate of drug-likeness (QED) is 0.362. The molecule has 4 rings (SSSR count). The molecule has 27 heavy (non-hydrogen) atoms. The lowest BCUT2D eigenvalue weighted by molar-refractivity contribution is -0.115. The van der Waals surface area contributed by atoms with Crippen molar-refractivity contribution >= 4 is 45.5 Å². The molecule has 4 aromatic rings. The fraction of sp³-hybridized carbons (Fsp3) is 0.111. The van der Waals surface area contributed by atoms with Crippen LogP contribution in [-0.2, 0) is 17.0 Å². The highest BCUT2D eigenvalue weighted by atomic mass is 32.2. The third-order valence-corrected chi connectivity index (χ3v) is 6.67. The average molecular weight is 414 g/mol. The lowest BCUT2D eigenvalue weighted by Gasteiger charge is -2.00. The van der Waals surface area contributed by atoms with Gasteiger partial charge in [-0.3, -0.25) is 4.79 Å². The molecule has 0 spiro atoms. The number of rotatable bonds is 7. The number of hydrogen-bond acceptors (Lipinski definition) is 7. The van der Waals surface area contributed by atoms with Gasteiger partial charge >= 0.3 is 0 Å². The van der Waals surface area contributed by atoms with Gasteiger partial charge in [0.25, 0.3) is 0 Å². The Morgan fingerprint density at radius 3 is 2.85 bits per heavy atom. The standard InChI is InChI=1S/C18H15N5OS3/c24-16(9-13-10-19-23(11-13)14-5-2-1-3-6-14)20-17-21-22-18(27-17)26-12-15-7-4-8-25-15/h1-8,10-11H,9,12H2,(H,20,21,24). The van der Waals surface area contributed by atoms with Crippen LogP contribution in [0.3, 0.4) is 0 Å². The third kappa shape index (κ3) is 4.82. The fourth-order valence-electron chi connectivity index (χ4n) is 2.37. The Kier molecular flexibility index (Phi) is 5.61. The molecule has 3 aromatic heterocycles. The van der Waals surface area contributed by atoms with Crippen molar-refractivity contribution in [2.45, 2.75) is 16.5 Å². The first-order valence-corrected chi connectivity index (χ1v) is 10.8. The smallest absolute Gasteiger partial charge is 0.230 e. The molecule has 1 N–H and O–H groups in total. The Balaban J connectivity index is 1.31. The maximum absolute atomic E-state index is 12.3. The topological polar surface area (TPSA) is 72.7 Å². The van der Waals surface area contributed by atoms with Crippen LogP contribution in [-0.4, -0.2) is 25.9 Å². The second-order valence-electron chi connectivity index (χ2n) is 5.59. The van der Waals surface area contributed by atoms with Gasteiger partial charge < -0.3 is 5.32 Å². The predicted octanol–water partition coefficient (Wildman–Crippen LogP) is 4.26. The monoisotopic (exact) mass is 413 g/mol. The summed E-state index contributed by atoms with van der Waals surface area (Å²) in [6.45, 7) is 0. The molecule has 1 aromatic carbocycles. The molecule has 0 aliphatic heterocycles. The van der Waals surface area contributed by atoms with E-state index in [9.17, 15) is 4.79 Å². The van der Waals surface area contributed by atoms with Crippen LogP contribution in [0.5, 0.6) is 0 Å². The third-order valence-electron chi connectivity index (χ3n) is 3.59. The highest BCUT2D eigenvalue weighted by Gasteiger charge is 2.11. The molecule has 0 aliphatic carbocycles. The van der Waals surface area contributed by atoms with Crippen molar-refractivity contribution in [3.63, 3.8) is 0 Å². The Morgan fingerprint density at radius 2 is 2.04 bits per heavy atom. The second kappa shape index (κ2) is 8.47. The van der Waals surface area contributed by atoms with Gasteiger partial charge in [0, 0.05) is 16.8 Å². The molecular formula is C18H15N5OS3. The molecule has 136 valence electrons. The van der Waals surface area contributed by atoms with E-state index in [0.717, 1.165) is 21.3 Å². The number of nitrogens with zero attached hydrogens (tertiary/aromatic N) is 4. The van der Waals surface area contributed by atoms with Crippen LogP contribution in [0, 0.1) is 0 Å². The SMILES string of the molecule is O=C(Cc1cnn(-c2ccccc2)c1)Nc1nnc(SCc2cccs2)s1. The number of nitrogens with one attached hydrogen (secondary N) is 1. The number of hydrogen-bond donors (Lipinski definition) is 1. The lowest BCUT2D eigenvalue weighted by Crippen LogP contribution is -2.13. The molecule has 0 saturated heterocycles. The minimum absolute atomic E-state index is 0.131. The maximum Gasteiger partial charge on any atom is 0.230 e. The summed E-state index contributed by atoms with van der Waals surface area (Å²) in [5, 5.41) is 17.9. The summed E-state index contributed by atoms with van der Waals surface area (Å²) in [5.74, 6) is 0.729. The van der Waals surface area contributed by atoms with E-state index in [-0.39, 0.29) is 12.3 Å². The highest BCUT2D eigenvalue weighted by molar-refractivity contribution is 8.00. The number of thiophene rings is 1. The van der Waals surface area contributed by atoms with Gasteiger partial charge in [0.2, 0.25) is 11.0 Å². The van der Waals surface area contributed by atoms with Gasteiger partial charge in [-0.15, -0.1) is 21.5 Å². The number of para-hydroxylation sites is 1. The van der Waals surface area contributed by atoms with E-state index in [0.29, 0.717) is 5.13 Å². The molecule has 0 aliphatic rings. The molecule has 9 heteroatoms. The first kappa shape index (κ1) is 17.9. The molecular weight excluding hydrogens is 398 g/mol. The van der Waals surface area contributed by atoms with Crippen LogP contribution >= 0.6 is 34.4 Å². The first-order valence-electron chi connectivity index (χ1n) is 8.14. The van der Waals surface area contributed by atoms with Crippen LogP contribution in [0.4, 0.5) is 5.13 Å². The number of carbonyl (C=O) groups is 1. The fourth-order valence-corrected chi connectivity index (χ4v) is 4.91. The maximum atomic E-state index is 12.3. The van der Waals surface area contributed by atoms with Crippen LogP contribution in [0.15, 0.2) is 64.6 Å². The van der Waals surface area contributed by atoms with E-state index in [2.05, 4.69) is 32.1 Å². The van der Waals surface area contributed by atoms with Gasteiger partial charge in [-0.1, -0.05) is 47.4 Å². The van der Waals surface area contributed by atoms with Gasteiger partial charge in [0.05, 0.1) is 18.3 Å². The first-order chi connectivity index (χ1) is 13.3. The molecule has 0 fully saturated rings. The molecule has 6 nitrogen and oxygen atoms in total. The molecule has 3 heterocycles. The summed E-state index contributed by atoms with van der Waals surface area (Å²) >= 11 is 4.73. The number of benzene rings is 1. The normalized spacial score (nSPS) is 10.8. The number of thioether (sulfide) groups is 1. The van der Waals surface area contributed by atoms with Crippen molar-refractivity contribution in [2.24, 2.45) is 0 Å². The Hall–Kier alpha value is -2.49. The van der Waals surface area contributed by atoms with E-state index < -0.39 is 0 Å². The average Bonchev–Trinajstić information content (AvgIpc) is 3.43. The highest BCUT2D eigenvalue weighted by Crippen LogP contribution is 2.29. The van der Waals surface area contributed by atoms with Gasteiger partial charge in [0.1, 0.15) is 0 Å². The van der Waals surface area contributed by atoms with Crippen molar-refractivity contribution < 1.29 is 4.79 Å². The van der Waals surface area contributed by atoms with Crippen LogP contribution in [0.1, 0.15) is 10.4 Å². The van der Waals surface area contributed by atoms with E-state index in [1.54, 1.807) is 34.0 Å². The van der Waals surface area contributed by atoms with Gasteiger partial charge in [-0.05, 0) is 29.1 Å². The van der Waals surface area contributed by atoms with Gasteiger partial charge in [-0.25, -0.2) is 4.68 Å². The summed E-state index contributed by atoms with van der Waals surface area (Å²) in [7, 11) is 0. The van der Waals surface area contributed by atoms with E-state index in [4.69, 9.17) is 0 Å². The molecule has 0 unspecified atom stereocenters. The number of carbonyl (C=O) groups excluding carboxylic acids is 1. The lowest BCUT2D eigenvalue weighted by atomic mass is 10.2. The van der Waals surface area contributed by atoms with Gasteiger partial charge in [0.15, 0.2) is 4.34 Å². The van der Waals surface area contributed by atoms with Crippen molar-refractivity contribution in [3.05, 3.63) is 70.7 Å². The number of amides is 1. The Morgan fingerprint density at radius 1 is 1.15 bits per heavy atom. The van der Waals surface area contributed by atoms with E-state index >= 15 is 0 Å². The van der Waals surface area contributed by atoms with E-state index in [1.807, 2.05) is 42.6 Å². The van der Waals surface area contributed by atoms with E-state index in [1.165, 1.54) is 16.2 Å². The van der Waals surface area contributed by atoms with Crippen LogP contribution < -0.4 is 5.32 Å². The van der Waals surface area contributed by atoms with Crippen molar-refractivity contribution in [1.82, 2.24) is 20.0 Å². The minimum atomic E-state index is -0.131.